The van der Waals surface area contributed by atoms with Gasteiger partial charge < -0.3 is 29.9 Å². The Kier molecular flexibility index (Phi) is 7.51. The van der Waals surface area contributed by atoms with Crippen molar-refractivity contribution in [3.05, 3.63) is 41.1 Å². The van der Waals surface area contributed by atoms with Crippen LogP contribution >= 0.6 is 11.8 Å². The first-order valence-electron chi connectivity index (χ1n) is 9.80. The largest absolute Gasteiger partial charge is 0.497 e. The lowest BCUT2D eigenvalue weighted by atomic mass is 9.93. The molecule has 0 bridgehead atoms. The van der Waals surface area contributed by atoms with Crippen molar-refractivity contribution in [3.8, 4) is 22.9 Å². The minimum atomic E-state index is -1.55. The molecule has 5 atom stereocenters. The van der Waals surface area contributed by atoms with Gasteiger partial charge in [0.05, 0.1) is 25.0 Å². The first-order valence-corrected chi connectivity index (χ1v) is 10.7. The lowest BCUT2D eigenvalue weighted by Gasteiger charge is -2.39. The van der Waals surface area contributed by atoms with E-state index in [2.05, 4.69) is 11.1 Å². The molecule has 2 heterocycles. The van der Waals surface area contributed by atoms with E-state index in [0.29, 0.717) is 28.1 Å². The Morgan fingerprint density at radius 3 is 2.41 bits per heavy atom. The number of benzene rings is 1. The monoisotopic (exact) mass is 460 g/mol. The van der Waals surface area contributed by atoms with E-state index in [9.17, 15) is 30.5 Å². The van der Waals surface area contributed by atoms with Crippen molar-refractivity contribution >= 4 is 17.5 Å². The molecule has 1 aliphatic rings. The Hall–Kier alpha value is -2.52. The van der Waals surface area contributed by atoms with Gasteiger partial charge in [0.25, 0.3) is 0 Å². The van der Waals surface area contributed by atoms with Crippen LogP contribution < -0.4 is 4.74 Å². The highest BCUT2D eigenvalue weighted by Gasteiger charge is 2.44. The molecule has 0 amide bonds. The van der Waals surface area contributed by atoms with Gasteiger partial charge in [-0.3, -0.25) is 4.79 Å². The molecule has 1 aromatic heterocycles. The zero-order chi connectivity index (χ0) is 23.6. The molecule has 9 nitrogen and oxygen atoms in total. The number of carbonyl (C=O) groups is 1. The predicted octanol–water partition coefficient (Wildman–Crippen LogP) is 1.03. The highest BCUT2D eigenvalue weighted by Crippen LogP contribution is 2.39. The number of rotatable bonds is 6. The summed E-state index contributed by atoms with van der Waals surface area (Å²) in [7, 11) is 1.53. The van der Waals surface area contributed by atoms with Gasteiger partial charge in [-0.25, -0.2) is 4.98 Å². The third kappa shape index (κ3) is 4.49. The smallest absolute Gasteiger partial charge is 0.162 e. The molecule has 0 spiro atoms. The van der Waals surface area contributed by atoms with Gasteiger partial charge in [0.1, 0.15) is 46.7 Å². The molecule has 3 rings (SSSR count). The summed E-state index contributed by atoms with van der Waals surface area (Å²) in [4.78, 5) is 16.8. The molecule has 4 N–H and O–H groups in total. The summed E-state index contributed by atoms with van der Waals surface area (Å²) in [6, 6.07) is 8.97. The number of ether oxygens (including phenoxy) is 2. The number of hydrogen-bond acceptors (Lipinski definition) is 10. The number of carbonyl (C=O) groups excluding carboxylic acids is 1. The zero-order valence-electron chi connectivity index (χ0n) is 17.7. The number of Topliss-reactive ketones (excluding diaryl/α,β-unsaturated/α-hetero) is 1. The van der Waals surface area contributed by atoms with Crippen LogP contribution in [-0.2, 0) is 4.74 Å². The summed E-state index contributed by atoms with van der Waals surface area (Å²) < 4.78 is 10.7. The number of ketones is 1. The van der Waals surface area contributed by atoms with Crippen molar-refractivity contribution in [3.63, 3.8) is 0 Å². The fraction of sp³-hybridized carbons (Fsp3) is 0.409. The van der Waals surface area contributed by atoms with E-state index in [1.807, 2.05) is 0 Å². The van der Waals surface area contributed by atoms with E-state index in [1.165, 1.54) is 14.0 Å². The van der Waals surface area contributed by atoms with Crippen LogP contribution in [0.3, 0.4) is 0 Å². The third-order valence-electron chi connectivity index (χ3n) is 5.26. The Bertz CT molecular complexity index is 1040. The maximum atomic E-state index is 12.4. The number of aliphatic hydroxyl groups is 4. The fourth-order valence-electron chi connectivity index (χ4n) is 3.62. The van der Waals surface area contributed by atoms with Gasteiger partial charge in [-0.1, -0.05) is 23.9 Å². The molecule has 10 heteroatoms. The molecule has 32 heavy (non-hydrogen) atoms. The van der Waals surface area contributed by atoms with Gasteiger partial charge in [0, 0.05) is 11.1 Å². The van der Waals surface area contributed by atoms with Crippen LogP contribution in [0.4, 0.5) is 0 Å². The fourth-order valence-corrected chi connectivity index (χ4v) is 4.79. The van der Waals surface area contributed by atoms with Gasteiger partial charge in [-0.2, -0.15) is 5.26 Å². The number of hydrogen-bond donors (Lipinski definition) is 4. The predicted molar refractivity (Wildman–Crippen MR) is 115 cm³/mol. The van der Waals surface area contributed by atoms with Crippen molar-refractivity contribution in [2.45, 2.75) is 48.7 Å². The second-order valence-electron chi connectivity index (χ2n) is 7.34. The summed E-state index contributed by atoms with van der Waals surface area (Å²) in [6.45, 7) is 2.46. The third-order valence-corrected chi connectivity index (χ3v) is 6.40. The maximum Gasteiger partial charge on any atom is 0.162 e. The number of pyridine rings is 1. The Balaban J connectivity index is 2.12. The second-order valence-corrected chi connectivity index (χ2v) is 8.43. The van der Waals surface area contributed by atoms with Crippen molar-refractivity contribution in [2.24, 2.45) is 0 Å². The topological polar surface area (TPSA) is 153 Å². The van der Waals surface area contributed by atoms with Crippen LogP contribution in [0.1, 0.15) is 28.5 Å². The average molecular weight is 461 g/mol. The molecule has 0 aliphatic carbocycles. The van der Waals surface area contributed by atoms with Crippen LogP contribution in [0.15, 0.2) is 29.3 Å². The molecule has 170 valence electrons. The summed E-state index contributed by atoms with van der Waals surface area (Å²) in [6.07, 6.45) is -5.63. The molecule has 1 aromatic carbocycles. The van der Waals surface area contributed by atoms with E-state index in [1.54, 1.807) is 31.2 Å². The highest BCUT2D eigenvalue weighted by atomic mass is 32.2. The van der Waals surface area contributed by atoms with E-state index >= 15 is 0 Å². The maximum absolute atomic E-state index is 12.4. The number of nitriles is 1. The van der Waals surface area contributed by atoms with Crippen LogP contribution in [0.5, 0.6) is 5.75 Å². The Labute approximate surface area is 189 Å². The van der Waals surface area contributed by atoms with Gasteiger partial charge in [0.15, 0.2) is 5.78 Å². The molecule has 1 aliphatic heterocycles. The number of aryl methyl sites for hydroxylation is 1. The van der Waals surface area contributed by atoms with Crippen LogP contribution in [0, 0.1) is 18.3 Å². The lowest BCUT2D eigenvalue weighted by molar-refractivity contribution is -0.205. The van der Waals surface area contributed by atoms with Gasteiger partial charge in [0.2, 0.25) is 0 Å². The number of thioether (sulfide) groups is 1. The minimum absolute atomic E-state index is 0.105. The van der Waals surface area contributed by atoms with Gasteiger partial charge >= 0.3 is 0 Å². The van der Waals surface area contributed by atoms with Crippen LogP contribution in [0.25, 0.3) is 11.1 Å². The van der Waals surface area contributed by atoms with Gasteiger partial charge in [-0.05, 0) is 31.5 Å². The van der Waals surface area contributed by atoms with Crippen molar-refractivity contribution < 1.29 is 34.7 Å². The summed E-state index contributed by atoms with van der Waals surface area (Å²) in [5.41, 5.74) is 0.666. The molecule has 0 radical (unpaired) electrons. The second kappa shape index (κ2) is 9.95. The SMILES string of the molecule is COc1ccc(-c2c(C#N)c(S[C@@H]3O[C@H](CO)[C@@H](O)[C@H](O)[C@H]3O)nc(C)c2C(C)=O)cc1. The Morgan fingerprint density at radius 2 is 1.88 bits per heavy atom. The Morgan fingerprint density at radius 1 is 1.22 bits per heavy atom. The summed E-state index contributed by atoms with van der Waals surface area (Å²) >= 11 is 0.876. The standard InChI is InChI=1S/C22H24N2O7S/c1-10-16(11(2)26)17(12-4-6-13(30-3)7-5-12)14(8-23)21(24-10)32-22-20(29)19(28)18(27)15(9-25)31-22/h4-7,15,18-20,22,25,27-29H,9H2,1-3H3/t15-,18-,19+,20-,22+/m1/s1. The summed E-state index contributed by atoms with van der Waals surface area (Å²) in [5.74, 6) is 0.347. The highest BCUT2D eigenvalue weighted by molar-refractivity contribution is 7.99. The quantitative estimate of drug-likeness (QED) is 0.460. The molecule has 1 saturated heterocycles. The van der Waals surface area contributed by atoms with E-state index in [0.717, 1.165) is 11.8 Å². The van der Waals surface area contributed by atoms with E-state index in [-0.39, 0.29) is 16.4 Å². The number of aromatic nitrogens is 1. The number of nitrogens with zero attached hydrogens (tertiary/aromatic N) is 2. The molecular formula is C22H24N2O7S. The van der Waals surface area contributed by atoms with E-state index in [4.69, 9.17) is 9.47 Å². The first kappa shape index (κ1) is 24.1. The lowest BCUT2D eigenvalue weighted by Crippen LogP contribution is -2.57. The molecule has 0 unspecified atom stereocenters. The van der Waals surface area contributed by atoms with E-state index < -0.39 is 36.5 Å². The first-order chi connectivity index (χ1) is 15.2. The van der Waals surface area contributed by atoms with Crippen LogP contribution in [-0.4, -0.2) is 74.8 Å². The summed E-state index contributed by atoms with van der Waals surface area (Å²) in [5, 5.41) is 50.0. The average Bonchev–Trinajstić information content (AvgIpc) is 2.78. The number of aliphatic hydroxyl groups excluding tert-OH is 4. The number of methoxy groups -OCH3 is 1. The molecule has 1 fully saturated rings. The molecular weight excluding hydrogens is 436 g/mol. The molecule has 2 aromatic rings. The van der Waals surface area contributed by atoms with Crippen LogP contribution in [0.2, 0.25) is 0 Å². The normalized spacial score (nSPS) is 25.2. The van der Waals surface area contributed by atoms with Crippen molar-refractivity contribution in [1.82, 2.24) is 4.98 Å². The van der Waals surface area contributed by atoms with Crippen molar-refractivity contribution in [2.75, 3.05) is 13.7 Å². The minimum Gasteiger partial charge on any atom is -0.497 e. The zero-order valence-corrected chi connectivity index (χ0v) is 18.5. The van der Waals surface area contributed by atoms with Crippen molar-refractivity contribution in [1.29, 1.82) is 5.26 Å². The molecule has 0 saturated carbocycles. The van der Waals surface area contributed by atoms with Gasteiger partial charge in [-0.15, -0.1) is 0 Å².